The Morgan fingerprint density at radius 2 is 1.19 bits per heavy atom. The average Bonchev–Trinajstić information content (AvgIpc) is 3.45. The van der Waals surface area contributed by atoms with Crippen molar-refractivity contribution in [3.8, 4) is 22.3 Å². The zero-order valence-electron chi connectivity index (χ0n) is 22.8. The van der Waals surface area contributed by atoms with Crippen LogP contribution in [-0.2, 0) is 0 Å². The van der Waals surface area contributed by atoms with Crippen LogP contribution in [-0.4, -0.2) is 4.98 Å². The Bertz CT molecular complexity index is 2180. The molecule has 0 saturated heterocycles. The molecule has 3 heteroatoms. The Morgan fingerprint density at radius 3 is 2.00 bits per heavy atom. The summed E-state index contributed by atoms with van der Waals surface area (Å²) in [5.74, 6) is 0. The van der Waals surface area contributed by atoms with Crippen molar-refractivity contribution < 1.29 is 4.42 Å². The van der Waals surface area contributed by atoms with Gasteiger partial charge in [0.15, 0.2) is 0 Å². The van der Waals surface area contributed by atoms with Gasteiger partial charge in [-0.1, -0.05) is 103 Å². The molecular formula is C39H26N2O. The van der Waals surface area contributed by atoms with E-state index in [1.54, 1.807) is 6.20 Å². The Balaban J connectivity index is 1.41. The molecule has 0 bridgehead atoms. The van der Waals surface area contributed by atoms with Crippen LogP contribution in [0.4, 0.5) is 17.1 Å². The van der Waals surface area contributed by atoms with Gasteiger partial charge in [0, 0.05) is 17.6 Å². The van der Waals surface area contributed by atoms with Crippen LogP contribution in [0.2, 0.25) is 0 Å². The predicted octanol–water partition coefficient (Wildman–Crippen LogP) is 10.9. The van der Waals surface area contributed by atoms with Crippen molar-refractivity contribution >= 4 is 49.9 Å². The molecule has 0 spiro atoms. The fourth-order valence-electron chi connectivity index (χ4n) is 5.97. The highest BCUT2D eigenvalue weighted by Gasteiger charge is 2.21. The molecule has 0 amide bonds. The molecule has 8 rings (SSSR count). The lowest BCUT2D eigenvalue weighted by Crippen LogP contribution is -2.10. The Labute approximate surface area is 243 Å². The molecule has 8 aromatic rings. The van der Waals surface area contributed by atoms with Crippen LogP contribution in [0.25, 0.3) is 55.1 Å². The summed E-state index contributed by atoms with van der Waals surface area (Å²) >= 11 is 0. The first-order chi connectivity index (χ1) is 20.8. The van der Waals surface area contributed by atoms with E-state index in [0.717, 1.165) is 33.4 Å². The van der Waals surface area contributed by atoms with Gasteiger partial charge in [-0.05, 0) is 81.6 Å². The van der Waals surface area contributed by atoms with Crippen LogP contribution < -0.4 is 4.90 Å². The fraction of sp³-hybridized carbons (Fsp3) is 0. The number of furan rings is 1. The zero-order valence-corrected chi connectivity index (χ0v) is 22.8. The lowest BCUT2D eigenvalue weighted by atomic mass is 9.96. The number of aromatic nitrogens is 1. The van der Waals surface area contributed by atoms with Gasteiger partial charge in [0.1, 0.15) is 5.58 Å². The van der Waals surface area contributed by atoms with Gasteiger partial charge in [0.25, 0.3) is 0 Å². The van der Waals surface area contributed by atoms with Gasteiger partial charge >= 0.3 is 0 Å². The van der Waals surface area contributed by atoms with Gasteiger partial charge in [-0.2, -0.15) is 0 Å². The largest absolute Gasteiger partial charge is 0.438 e. The summed E-state index contributed by atoms with van der Waals surface area (Å²) in [5, 5.41) is 4.45. The molecule has 0 unspecified atom stereocenters. The maximum Gasteiger partial charge on any atom is 0.227 e. The van der Waals surface area contributed by atoms with Crippen molar-refractivity contribution in [2.75, 3.05) is 4.90 Å². The van der Waals surface area contributed by atoms with Crippen LogP contribution in [0.5, 0.6) is 0 Å². The minimum Gasteiger partial charge on any atom is -0.438 e. The van der Waals surface area contributed by atoms with Crippen LogP contribution in [0, 0.1) is 0 Å². The first kappa shape index (κ1) is 24.2. The van der Waals surface area contributed by atoms with E-state index in [1.165, 1.54) is 33.0 Å². The third kappa shape index (κ3) is 4.11. The number of hydrogen-bond donors (Lipinski definition) is 0. The molecular weight excluding hydrogens is 512 g/mol. The van der Waals surface area contributed by atoms with Gasteiger partial charge in [-0.25, -0.2) is 4.98 Å². The maximum absolute atomic E-state index is 6.22. The highest BCUT2D eigenvalue weighted by molar-refractivity contribution is 6.13. The molecule has 0 aliphatic heterocycles. The van der Waals surface area contributed by atoms with Crippen molar-refractivity contribution in [3.05, 3.63) is 158 Å². The van der Waals surface area contributed by atoms with E-state index in [2.05, 4.69) is 143 Å². The molecule has 42 heavy (non-hydrogen) atoms. The van der Waals surface area contributed by atoms with Crippen molar-refractivity contribution in [3.63, 3.8) is 0 Å². The normalized spacial score (nSPS) is 11.3. The van der Waals surface area contributed by atoms with Gasteiger partial charge < -0.3 is 9.32 Å². The number of pyridine rings is 1. The topological polar surface area (TPSA) is 29.3 Å². The van der Waals surface area contributed by atoms with Crippen LogP contribution in [0.1, 0.15) is 0 Å². The van der Waals surface area contributed by atoms with Gasteiger partial charge in [-0.3, -0.25) is 0 Å². The van der Waals surface area contributed by atoms with E-state index in [4.69, 9.17) is 4.42 Å². The molecule has 6 aromatic carbocycles. The van der Waals surface area contributed by atoms with E-state index in [1.807, 2.05) is 18.2 Å². The molecule has 0 N–H and O–H groups in total. The van der Waals surface area contributed by atoms with Crippen molar-refractivity contribution in [1.29, 1.82) is 0 Å². The van der Waals surface area contributed by atoms with Gasteiger partial charge in [0.05, 0.1) is 16.5 Å². The van der Waals surface area contributed by atoms with Crippen LogP contribution >= 0.6 is 0 Å². The smallest absolute Gasteiger partial charge is 0.227 e. The molecule has 0 fully saturated rings. The van der Waals surface area contributed by atoms with Gasteiger partial charge in [-0.15, -0.1) is 0 Å². The monoisotopic (exact) mass is 538 g/mol. The van der Waals surface area contributed by atoms with E-state index in [-0.39, 0.29) is 0 Å². The summed E-state index contributed by atoms with van der Waals surface area (Å²) in [6.07, 6.45) is 1.78. The molecule has 0 aliphatic rings. The second kappa shape index (κ2) is 10.1. The van der Waals surface area contributed by atoms with E-state index >= 15 is 0 Å². The van der Waals surface area contributed by atoms with E-state index in [9.17, 15) is 0 Å². The zero-order chi connectivity index (χ0) is 27.9. The maximum atomic E-state index is 6.22. The molecule has 3 nitrogen and oxygen atoms in total. The number of anilines is 3. The SMILES string of the molecule is c1ccc(-c2ccc(N(c3cc(-c4ccccc4)c4ccccc4c3)c3cccc4oc5ncccc5c34)cc2)cc1. The number of fused-ring (bicyclic) bond motifs is 4. The first-order valence-electron chi connectivity index (χ1n) is 14.1. The highest BCUT2D eigenvalue weighted by atomic mass is 16.3. The van der Waals surface area contributed by atoms with Crippen molar-refractivity contribution in [1.82, 2.24) is 4.98 Å². The summed E-state index contributed by atoms with van der Waals surface area (Å²) in [6, 6.07) is 53.5. The van der Waals surface area contributed by atoms with Crippen LogP contribution in [0.3, 0.4) is 0 Å². The molecule has 2 aromatic heterocycles. The summed E-state index contributed by atoms with van der Waals surface area (Å²) in [6.45, 7) is 0. The summed E-state index contributed by atoms with van der Waals surface area (Å²) in [7, 11) is 0. The Hall–Kier alpha value is -5.67. The predicted molar refractivity (Wildman–Crippen MR) is 175 cm³/mol. The van der Waals surface area contributed by atoms with Gasteiger partial charge in [0.2, 0.25) is 5.71 Å². The van der Waals surface area contributed by atoms with E-state index in [0.29, 0.717) is 5.71 Å². The summed E-state index contributed by atoms with van der Waals surface area (Å²) in [4.78, 5) is 6.86. The lowest BCUT2D eigenvalue weighted by molar-refractivity contribution is 0.654. The third-order valence-electron chi connectivity index (χ3n) is 7.91. The van der Waals surface area contributed by atoms with Crippen molar-refractivity contribution in [2.24, 2.45) is 0 Å². The molecule has 0 aliphatic carbocycles. The molecule has 2 heterocycles. The van der Waals surface area contributed by atoms with Crippen LogP contribution in [0.15, 0.2) is 162 Å². The minimum absolute atomic E-state index is 0.641. The molecule has 0 saturated carbocycles. The third-order valence-corrected chi connectivity index (χ3v) is 7.91. The highest BCUT2D eigenvalue weighted by Crippen LogP contribution is 2.45. The Morgan fingerprint density at radius 1 is 0.500 bits per heavy atom. The molecule has 198 valence electrons. The standard InChI is InChI=1S/C39H26N2O/c1-3-11-27(12-4-1)28-20-22-31(23-21-28)41(36-18-9-19-37-38(36)34-17-10-24-40-39(34)42-37)32-25-30-15-7-8-16-33(30)35(26-32)29-13-5-2-6-14-29/h1-26H. The number of benzene rings is 6. The average molecular weight is 539 g/mol. The molecule has 0 atom stereocenters. The lowest BCUT2D eigenvalue weighted by Gasteiger charge is -2.27. The Kier molecular flexibility index (Phi) is 5.79. The minimum atomic E-state index is 0.641. The fourth-order valence-corrected chi connectivity index (χ4v) is 5.97. The quantitative estimate of drug-likeness (QED) is 0.218. The summed E-state index contributed by atoms with van der Waals surface area (Å²) < 4.78 is 6.22. The molecule has 0 radical (unpaired) electrons. The number of rotatable bonds is 5. The number of hydrogen-bond acceptors (Lipinski definition) is 3. The number of nitrogens with zero attached hydrogens (tertiary/aromatic N) is 2. The second-order valence-electron chi connectivity index (χ2n) is 10.4. The van der Waals surface area contributed by atoms with Crippen molar-refractivity contribution in [2.45, 2.75) is 0 Å². The second-order valence-corrected chi connectivity index (χ2v) is 10.4. The van der Waals surface area contributed by atoms with E-state index < -0.39 is 0 Å². The first-order valence-corrected chi connectivity index (χ1v) is 14.1. The summed E-state index contributed by atoms with van der Waals surface area (Å²) in [5.41, 5.74) is 9.40.